The Morgan fingerprint density at radius 3 is 3.07 bits per heavy atom. The fourth-order valence-electron chi connectivity index (χ4n) is 1.82. The van der Waals surface area contributed by atoms with Gasteiger partial charge in [0.15, 0.2) is 0 Å². The van der Waals surface area contributed by atoms with Crippen molar-refractivity contribution in [1.82, 2.24) is 5.32 Å². The van der Waals surface area contributed by atoms with Gasteiger partial charge in [0, 0.05) is 5.92 Å². The summed E-state index contributed by atoms with van der Waals surface area (Å²) in [4.78, 5) is 0. The summed E-state index contributed by atoms with van der Waals surface area (Å²) in [7, 11) is 0. The van der Waals surface area contributed by atoms with Crippen LogP contribution in [-0.2, 0) is 6.54 Å². The molecule has 0 spiro atoms. The van der Waals surface area contributed by atoms with Gasteiger partial charge in [0.1, 0.15) is 11.5 Å². The summed E-state index contributed by atoms with van der Waals surface area (Å²) < 4.78 is 5.77. The molecule has 15 heavy (non-hydrogen) atoms. The normalized spacial score (nSPS) is 24.1. The van der Waals surface area contributed by atoms with Gasteiger partial charge in [0.25, 0.3) is 0 Å². The van der Waals surface area contributed by atoms with Crippen LogP contribution in [0, 0.1) is 5.92 Å². The van der Waals surface area contributed by atoms with Crippen LogP contribution in [-0.4, -0.2) is 6.54 Å². The van der Waals surface area contributed by atoms with Crippen molar-refractivity contribution in [1.29, 1.82) is 0 Å². The molecular formula is C13H19NO. The highest BCUT2D eigenvalue weighted by Gasteiger charge is 2.36. The molecule has 2 atom stereocenters. The molecule has 1 aliphatic rings. The van der Waals surface area contributed by atoms with Crippen molar-refractivity contribution in [3.63, 3.8) is 0 Å². The number of rotatable bonds is 6. The number of furan rings is 1. The van der Waals surface area contributed by atoms with Crippen molar-refractivity contribution in [2.75, 3.05) is 6.54 Å². The van der Waals surface area contributed by atoms with E-state index in [9.17, 15) is 0 Å². The third-order valence-corrected chi connectivity index (χ3v) is 2.98. The van der Waals surface area contributed by atoms with Gasteiger partial charge in [0.05, 0.1) is 6.54 Å². The Bertz CT molecular complexity index is 329. The second kappa shape index (κ2) is 4.67. The van der Waals surface area contributed by atoms with Crippen LogP contribution in [0.1, 0.15) is 37.2 Å². The Labute approximate surface area is 91.4 Å². The molecule has 1 aromatic heterocycles. The van der Waals surface area contributed by atoms with E-state index >= 15 is 0 Å². The van der Waals surface area contributed by atoms with Gasteiger partial charge in [-0.3, -0.25) is 0 Å². The summed E-state index contributed by atoms with van der Waals surface area (Å²) in [6, 6.07) is 4.21. The Morgan fingerprint density at radius 1 is 1.60 bits per heavy atom. The van der Waals surface area contributed by atoms with Gasteiger partial charge >= 0.3 is 0 Å². The highest BCUT2D eigenvalue weighted by Crippen LogP contribution is 2.47. The summed E-state index contributed by atoms with van der Waals surface area (Å²) in [5, 5.41) is 3.32. The summed E-state index contributed by atoms with van der Waals surface area (Å²) in [5.74, 6) is 3.72. The van der Waals surface area contributed by atoms with Crippen LogP contribution in [0.5, 0.6) is 0 Å². The minimum Gasteiger partial charge on any atom is -0.464 e. The topological polar surface area (TPSA) is 25.2 Å². The minimum absolute atomic E-state index is 0.687. The zero-order chi connectivity index (χ0) is 10.7. The van der Waals surface area contributed by atoms with Crippen molar-refractivity contribution in [2.45, 2.75) is 32.2 Å². The average molecular weight is 205 g/mol. The first-order chi connectivity index (χ1) is 7.31. The first-order valence-corrected chi connectivity index (χ1v) is 5.71. The van der Waals surface area contributed by atoms with Crippen molar-refractivity contribution in [2.24, 2.45) is 5.92 Å². The van der Waals surface area contributed by atoms with Gasteiger partial charge in [-0.1, -0.05) is 13.0 Å². The average Bonchev–Trinajstić information content (AvgIpc) is 2.80. The summed E-state index contributed by atoms with van der Waals surface area (Å²) in [6.07, 6.45) is 4.22. The summed E-state index contributed by atoms with van der Waals surface area (Å²) in [6.45, 7) is 7.76. The Kier molecular flexibility index (Phi) is 3.27. The van der Waals surface area contributed by atoms with Crippen molar-refractivity contribution in [3.8, 4) is 0 Å². The molecule has 1 saturated carbocycles. The SMILES string of the molecule is C=CCCNCc1ccc(C2CC2C)o1. The lowest BCUT2D eigenvalue weighted by atomic mass is 10.3. The van der Waals surface area contributed by atoms with Crippen LogP contribution >= 0.6 is 0 Å². The van der Waals surface area contributed by atoms with E-state index in [4.69, 9.17) is 4.42 Å². The molecule has 1 aromatic rings. The standard InChI is InChI=1S/C13H19NO/c1-3-4-7-14-9-11-5-6-13(15-11)12-8-10(12)2/h3,5-6,10,12,14H,1,4,7-9H2,2H3. The molecule has 1 N–H and O–H groups in total. The molecule has 0 saturated heterocycles. The number of hydrogen-bond donors (Lipinski definition) is 1. The summed E-state index contributed by atoms with van der Waals surface area (Å²) in [5.41, 5.74) is 0. The first kappa shape index (κ1) is 10.5. The molecule has 1 heterocycles. The fourth-order valence-corrected chi connectivity index (χ4v) is 1.82. The zero-order valence-corrected chi connectivity index (χ0v) is 9.33. The molecule has 0 amide bonds. The lowest BCUT2D eigenvalue weighted by molar-refractivity contribution is 0.445. The first-order valence-electron chi connectivity index (χ1n) is 5.71. The van der Waals surface area contributed by atoms with E-state index in [1.165, 1.54) is 12.2 Å². The quantitative estimate of drug-likeness (QED) is 0.570. The van der Waals surface area contributed by atoms with Gasteiger partial charge in [0.2, 0.25) is 0 Å². The maximum Gasteiger partial charge on any atom is 0.117 e. The van der Waals surface area contributed by atoms with Gasteiger partial charge in [-0.25, -0.2) is 0 Å². The van der Waals surface area contributed by atoms with E-state index < -0.39 is 0 Å². The second-order valence-electron chi connectivity index (χ2n) is 4.38. The van der Waals surface area contributed by atoms with E-state index in [0.717, 1.165) is 31.2 Å². The predicted octanol–water partition coefficient (Wildman–Crippen LogP) is 3.07. The summed E-state index contributed by atoms with van der Waals surface area (Å²) >= 11 is 0. The lowest BCUT2D eigenvalue weighted by Gasteiger charge is -1.99. The van der Waals surface area contributed by atoms with E-state index in [0.29, 0.717) is 5.92 Å². The second-order valence-corrected chi connectivity index (χ2v) is 4.38. The van der Waals surface area contributed by atoms with E-state index in [-0.39, 0.29) is 0 Å². The maximum absolute atomic E-state index is 5.77. The maximum atomic E-state index is 5.77. The molecule has 0 aliphatic heterocycles. The zero-order valence-electron chi connectivity index (χ0n) is 9.33. The highest BCUT2D eigenvalue weighted by atomic mass is 16.3. The van der Waals surface area contributed by atoms with Crippen LogP contribution in [0.15, 0.2) is 29.2 Å². The molecule has 0 bridgehead atoms. The Hall–Kier alpha value is -1.02. The number of nitrogens with one attached hydrogen (secondary N) is 1. The molecule has 0 radical (unpaired) electrons. The molecule has 0 aromatic carbocycles. The van der Waals surface area contributed by atoms with E-state index in [1.54, 1.807) is 0 Å². The van der Waals surface area contributed by atoms with Gasteiger partial charge < -0.3 is 9.73 Å². The van der Waals surface area contributed by atoms with Crippen LogP contribution in [0.3, 0.4) is 0 Å². The minimum atomic E-state index is 0.687. The van der Waals surface area contributed by atoms with Gasteiger partial charge in [-0.2, -0.15) is 0 Å². The van der Waals surface area contributed by atoms with Gasteiger partial charge in [-0.15, -0.1) is 6.58 Å². The predicted molar refractivity (Wildman–Crippen MR) is 61.8 cm³/mol. The molecular weight excluding hydrogens is 186 g/mol. The molecule has 2 rings (SSSR count). The van der Waals surface area contributed by atoms with Crippen LogP contribution in [0.2, 0.25) is 0 Å². The van der Waals surface area contributed by atoms with Crippen molar-refractivity contribution < 1.29 is 4.42 Å². The van der Waals surface area contributed by atoms with Gasteiger partial charge in [-0.05, 0) is 37.4 Å². The largest absolute Gasteiger partial charge is 0.464 e. The van der Waals surface area contributed by atoms with Crippen molar-refractivity contribution >= 4 is 0 Å². The van der Waals surface area contributed by atoms with Crippen LogP contribution in [0.25, 0.3) is 0 Å². The molecule has 1 aliphatic carbocycles. The van der Waals surface area contributed by atoms with Crippen LogP contribution < -0.4 is 5.32 Å². The molecule has 2 unspecified atom stereocenters. The van der Waals surface area contributed by atoms with Crippen LogP contribution in [0.4, 0.5) is 0 Å². The molecule has 82 valence electrons. The molecule has 2 nitrogen and oxygen atoms in total. The molecule has 2 heteroatoms. The van der Waals surface area contributed by atoms with E-state index in [2.05, 4.69) is 31.0 Å². The number of hydrogen-bond acceptors (Lipinski definition) is 2. The lowest BCUT2D eigenvalue weighted by Crippen LogP contribution is -2.13. The third-order valence-electron chi connectivity index (χ3n) is 2.98. The third kappa shape index (κ3) is 2.72. The van der Waals surface area contributed by atoms with E-state index in [1.807, 2.05) is 6.08 Å². The Balaban J connectivity index is 1.77. The smallest absolute Gasteiger partial charge is 0.117 e. The highest BCUT2D eigenvalue weighted by molar-refractivity contribution is 5.17. The Morgan fingerprint density at radius 2 is 2.40 bits per heavy atom. The molecule has 1 fully saturated rings. The van der Waals surface area contributed by atoms with Crippen molar-refractivity contribution in [3.05, 3.63) is 36.3 Å². The monoisotopic (exact) mass is 205 g/mol. The fraction of sp³-hybridized carbons (Fsp3) is 0.538.